The van der Waals surface area contributed by atoms with Gasteiger partial charge in [0.05, 0.1) is 12.2 Å². The summed E-state index contributed by atoms with van der Waals surface area (Å²) in [6.07, 6.45) is 2.01. The zero-order chi connectivity index (χ0) is 11.5. The summed E-state index contributed by atoms with van der Waals surface area (Å²) in [4.78, 5) is 0. The summed E-state index contributed by atoms with van der Waals surface area (Å²) < 4.78 is 3.04. The van der Waals surface area contributed by atoms with Crippen molar-refractivity contribution in [3.63, 3.8) is 0 Å². The van der Waals surface area contributed by atoms with E-state index in [4.69, 9.17) is 5.73 Å². The first-order valence-electron chi connectivity index (χ1n) is 5.17. The molecule has 3 nitrogen and oxygen atoms in total. The van der Waals surface area contributed by atoms with Crippen molar-refractivity contribution in [2.45, 2.75) is 20.0 Å². The molecule has 0 aliphatic carbocycles. The fourth-order valence-electron chi connectivity index (χ4n) is 1.64. The van der Waals surface area contributed by atoms with Crippen molar-refractivity contribution in [1.82, 2.24) is 9.78 Å². The first-order chi connectivity index (χ1) is 7.70. The van der Waals surface area contributed by atoms with Gasteiger partial charge in [-0.1, -0.05) is 34.1 Å². The molecule has 0 atom stereocenters. The highest BCUT2D eigenvalue weighted by molar-refractivity contribution is 9.10. The van der Waals surface area contributed by atoms with E-state index in [0.717, 1.165) is 22.3 Å². The lowest BCUT2D eigenvalue weighted by Gasteiger charge is -2.03. The Morgan fingerprint density at radius 1 is 1.31 bits per heavy atom. The fourth-order valence-corrected chi connectivity index (χ4v) is 2.05. The van der Waals surface area contributed by atoms with Crippen molar-refractivity contribution in [3.05, 3.63) is 51.8 Å². The number of halogens is 1. The molecule has 0 spiro atoms. The third kappa shape index (κ3) is 2.33. The Labute approximate surface area is 103 Å². The van der Waals surface area contributed by atoms with Crippen LogP contribution < -0.4 is 5.73 Å². The van der Waals surface area contributed by atoms with E-state index in [1.165, 1.54) is 5.56 Å². The molecule has 0 aliphatic heterocycles. The van der Waals surface area contributed by atoms with Crippen LogP contribution in [0.5, 0.6) is 0 Å². The number of aryl methyl sites for hydroxylation is 1. The minimum atomic E-state index is 0.543. The lowest BCUT2D eigenvalue weighted by molar-refractivity contribution is 0.677. The predicted octanol–water partition coefficient (Wildman–Crippen LogP) is 2.46. The molecule has 84 valence electrons. The highest BCUT2D eigenvalue weighted by Gasteiger charge is 2.04. The smallest absolute Gasteiger partial charge is 0.0670 e. The van der Waals surface area contributed by atoms with Crippen molar-refractivity contribution in [2.24, 2.45) is 5.73 Å². The Morgan fingerprint density at radius 3 is 2.69 bits per heavy atom. The van der Waals surface area contributed by atoms with E-state index < -0.39 is 0 Å². The van der Waals surface area contributed by atoms with Gasteiger partial charge in [0.2, 0.25) is 0 Å². The van der Waals surface area contributed by atoms with Crippen molar-refractivity contribution >= 4 is 15.9 Å². The van der Waals surface area contributed by atoms with Gasteiger partial charge in [-0.05, 0) is 18.6 Å². The molecule has 0 bridgehead atoms. The second kappa shape index (κ2) is 4.80. The highest BCUT2D eigenvalue weighted by Crippen LogP contribution is 2.17. The van der Waals surface area contributed by atoms with Crippen LogP contribution in [0.3, 0.4) is 0 Å². The average Bonchev–Trinajstić information content (AvgIpc) is 2.62. The van der Waals surface area contributed by atoms with Gasteiger partial charge in [-0.3, -0.25) is 4.68 Å². The molecule has 4 heteroatoms. The van der Waals surface area contributed by atoms with Gasteiger partial charge >= 0.3 is 0 Å². The Balaban J connectivity index is 2.24. The van der Waals surface area contributed by atoms with Gasteiger partial charge in [-0.15, -0.1) is 0 Å². The molecule has 16 heavy (non-hydrogen) atoms. The van der Waals surface area contributed by atoms with Crippen molar-refractivity contribution < 1.29 is 0 Å². The summed E-state index contributed by atoms with van der Waals surface area (Å²) in [6.45, 7) is 3.29. The van der Waals surface area contributed by atoms with Crippen molar-refractivity contribution in [1.29, 1.82) is 0 Å². The molecule has 0 saturated heterocycles. The van der Waals surface area contributed by atoms with Crippen molar-refractivity contribution in [2.75, 3.05) is 0 Å². The number of nitrogens with zero attached hydrogens (tertiary/aromatic N) is 2. The zero-order valence-corrected chi connectivity index (χ0v) is 10.7. The SMILES string of the molecule is Cc1nn(Cc2ccccc2Br)cc1CN. The molecule has 1 aromatic carbocycles. The molecule has 2 N–H and O–H groups in total. The normalized spacial score (nSPS) is 10.7. The topological polar surface area (TPSA) is 43.8 Å². The van der Waals surface area contributed by atoms with Gasteiger partial charge in [0.15, 0.2) is 0 Å². The molecule has 0 amide bonds. The number of aromatic nitrogens is 2. The second-order valence-electron chi connectivity index (χ2n) is 3.73. The molecular formula is C12H14BrN3. The van der Waals surface area contributed by atoms with Crippen LogP contribution >= 0.6 is 15.9 Å². The molecular weight excluding hydrogens is 266 g/mol. The van der Waals surface area contributed by atoms with Crippen LogP contribution in [-0.2, 0) is 13.1 Å². The molecule has 2 rings (SSSR count). The van der Waals surface area contributed by atoms with Gasteiger partial charge in [-0.2, -0.15) is 5.10 Å². The molecule has 1 heterocycles. The molecule has 0 saturated carbocycles. The molecule has 1 aromatic heterocycles. The third-order valence-corrected chi connectivity index (χ3v) is 3.33. The summed E-state index contributed by atoms with van der Waals surface area (Å²) in [5.74, 6) is 0. The average molecular weight is 280 g/mol. The fraction of sp³-hybridized carbons (Fsp3) is 0.250. The van der Waals surface area contributed by atoms with Crippen LogP contribution in [0, 0.1) is 6.92 Å². The quantitative estimate of drug-likeness (QED) is 0.938. The van der Waals surface area contributed by atoms with Crippen molar-refractivity contribution in [3.8, 4) is 0 Å². The summed E-state index contributed by atoms with van der Waals surface area (Å²) in [6, 6.07) is 8.16. The number of nitrogens with two attached hydrogens (primary N) is 1. The summed E-state index contributed by atoms with van der Waals surface area (Å²) in [5, 5.41) is 4.43. The van der Waals surface area contributed by atoms with Crippen LogP contribution in [-0.4, -0.2) is 9.78 Å². The van der Waals surface area contributed by atoms with Gasteiger partial charge in [0.1, 0.15) is 0 Å². The summed E-state index contributed by atoms with van der Waals surface area (Å²) >= 11 is 3.53. The van der Waals surface area contributed by atoms with Gasteiger partial charge < -0.3 is 5.73 Å². The second-order valence-corrected chi connectivity index (χ2v) is 4.59. The Morgan fingerprint density at radius 2 is 2.06 bits per heavy atom. The van der Waals surface area contributed by atoms with E-state index in [1.54, 1.807) is 0 Å². The van der Waals surface area contributed by atoms with Crippen LogP contribution in [0.15, 0.2) is 34.9 Å². The minimum Gasteiger partial charge on any atom is -0.326 e. The Hall–Kier alpha value is -1.13. The predicted molar refractivity (Wildman–Crippen MR) is 68.1 cm³/mol. The van der Waals surface area contributed by atoms with Crippen LogP contribution in [0.1, 0.15) is 16.8 Å². The maximum Gasteiger partial charge on any atom is 0.0670 e. The summed E-state index contributed by atoms with van der Waals surface area (Å²) in [5.41, 5.74) is 8.95. The number of hydrogen-bond acceptors (Lipinski definition) is 2. The van der Waals surface area contributed by atoms with Crippen LogP contribution in [0.2, 0.25) is 0 Å². The first kappa shape index (κ1) is 11.4. The Kier molecular flexibility index (Phi) is 3.41. The molecule has 0 unspecified atom stereocenters. The van der Waals surface area contributed by atoms with Gasteiger partial charge in [0, 0.05) is 22.8 Å². The van der Waals surface area contributed by atoms with E-state index in [0.29, 0.717) is 6.54 Å². The number of benzene rings is 1. The molecule has 0 fully saturated rings. The molecule has 0 aliphatic rings. The van der Waals surface area contributed by atoms with Gasteiger partial charge in [0.25, 0.3) is 0 Å². The van der Waals surface area contributed by atoms with E-state index in [9.17, 15) is 0 Å². The lowest BCUT2D eigenvalue weighted by atomic mass is 10.2. The maximum atomic E-state index is 5.62. The van der Waals surface area contributed by atoms with Crippen LogP contribution in [0.25, 0.3) is 0 Å². The highest BCUT2D eigenvalue weighted by atomic mass is 79.9. The van der Waals surface area contributed by atoms with E-state index in [2.05, 4.69) is 27.1 Å². The number of rotatable bonds is 3. The van der Waals surface area contributed by atoms with E-state index in [1.807, 2.05) is 36.0 Å². The Bertz CT molecular complexity index is 491. The maximum absolute atomic E-state index is 5.62. The largest absolute Gasteiger partial charge is 0.326 e. The monoisotopic (exact) mass is 279 g/mol. The summed E-state index contributed by atoms with van der Waals surface area (Å²) in [7, 11) is 0. The lowest BCUT2D eigenvalue weighted by Crippen LogP contribution is -2.01. The zero-order valence-electron chi connectivity index (χ0n) is 9.15. The standard InChI is InChI=1S/C12H14BrN3/c1-9-11(6-14)8-16(15-9)7-10-4-2-3-5-12(10)13/h2-5,8H,6-7,14H2,1H3. The first-order valence-corrected chi connectivity index (χ1v) is 5.96. The molecule has 0 radical (unpaired) electrons. The van der Waals surface area contributed by atoms with Gasteiger partial charge in [-0.25, -0.2) is 0 Å². The van der Waals surface area contributed by atoms with E-state index >= 15 is 0 Å². The minimum absolute atomic E-state index is 0.543. The van der Waals surface area contributed by atoms with E-state index in [-0.39, 0.29) is 0 Å². The third-order valence-electron chi connectivity index (χ3n) is 2.56. The van der Waals surface area contributed by atoms with Crippen LogP contribution in [0.4, 0.5) is 0 Å². The number of hydrogen-bond donors (Lipinski definition) is 1. The molecule has 2 aromatic rings.